The number of carbonyl (C=O) groups is 2. The van der Waals surface area contributed by atoms with Gasteiger partial charge in [0, 0.05) is 18.0 Å². The Morgan fingerprint density at radius 3 is 2.39 bits per heavy atom. The molecule has 3 rings (SSSR count). The van der Waals surface area contributed by atoms with Crippen molar-refractivity contribution >= 4 is 28.0 Å². The first-order valence-electron chi connectivity index (χ1n) is 9.14. The lowest BCUT2D eigenvalue weighted by molar-refractivity contribution is 0.0601. The highest BCUT2D eigenvalue weighted by molar-refractivity contribution is 7.92. The van der Waals surface area contributed by atoms with Gasteiger partial charge in [0.1, 0.15) is 5.75 Å². The second kappa shape index (κ2) is 9.40. The molecule has 31 heavy (non-hydrogen) atoms. The fraction of sp³-hybridized carbons (Fsp3) is 0.136. The van der Waals surface area contributed by atoms with Crippen LogP contribution in [0.15, 0.2) is 71.9 Å². The normalized spacial score (nSPS) is 10.9. The van der Waals surface area contributed by atoms with E-state index in [0.717, 1.165) is 4.31 Å². The van der Waals surface area contributed by atoms with Crippen LogP contribution in [0.5, 0.6) is 5.75 Å². The summed E-state index contributed by atoms with van der Waals surface area (Å²) >= 11 is 0. The minimum absolute atomic E-state index is 0.0314. The molecule has 0 aliphatic carbocycles. The Kier molecular flexibility index (Phi) is 6.66. The predicted octanol–water partition coefficient (Wildman–Crippen LogP) is 3.08. The van der Waals surface area contributed by atoms with Gasteiger partial charge in [0.2, 0.25) is 0 Å². The number of rotatable bonds is 8. The molecule has 2 aromatic carbocycles. The molecule has 0 bridgehead atoms. The minimum atomic E-state index is -4.19. The number of nitrogens with zero attached hydrogens (tertiary/aromatic N) is 2. The van der Waals surface area contributed by atoms with E-state index in [1.165, 1.54) is 62.9 Å². The topological polar surface area (TPSA) is 103 Å². The highest BCUT2D eigenvalue weighted by Gasteiger charge is 2.31. The van der Waals surface area contributed by atoms with E-state index in [9.17, 15) is 18.0 Å². The van der Waals surface area contributed by atoms with Crippen molar-refractivity contribution in [2.24, 2.45) is 0 Å². The van der Waals surface area contributed by atoms with Gasteiger partial charge in [-0.2, -0.15) is 0 Å². The Balaban J connectivity index is 2.25. The number of aromatic nitrogens is 1. The quantitative estimate of drug-likeness (QED) is 0.392. The lowest BCUT2D eigenvalue weighted by Gasteiger charge is -2.27. The van der Waals surface area contributed by atoms with Gasteiger partial charge in [-0.3, -0.25) is 14.1 Å². The molecule has 9 heteroatoms. The second-order valence-corrected chi connectivity index (χ2v) is 8.26. The van der Waals surface area contributed by atoms with Gasteiger partial charge in [0.05, 0.1) is 36.9 Å². The molecule has 0 saturated heterocycles. The highest BCUT2D eigenvalue weighted by atomic mass is 32.2. The second-order valence-electron chi connectivity index (χ2n) is 6.40. The van der Waals surface area contributed by atoms with Crippen LogP contribution in [-0.2, 0) is 21.3 Å². The fourth-order valence-corrected chi connectivity index (χ4v) is 4.52. The van der Waals surface area contributed by atoms with Crippen LogP contribution in [0, 0.1) is 0 Å². The molecule has 0 saturated carbocycles. The number of sulfonamides is 1. The molecule has 3 aromatic rings. The van der Waals surface area contributed by atoms with Crippen LogP contribution in [0.4, 0.5) is 5.69 Å². The van der Waals surface area contributed by atoms with E-state index in [1.807, 2.05) is 0 Å². The maximum absolute atomic E-state index is 13.7. The molecule has 0 amide bonds. The third-order valence-electron chi connectivity index (χ3n) is 4.55. The van der Waals surface area contributed by atoms with Crippen molar-refractivity contribution in [2.75, 3.05) is 18.5 Å². The minimum Gasteiger partial charge on any atom is -0.497 e. The maximum Gasteiger partial charge on any atom is 0.340 e. The van der Waals surface area contributed by atoms with Gasteiger partial charge in [-0.1, -0.05) is 12.1 Å². The first kappa shape index (κ1) is 22.0. The summed E-state index contributed by atoms with van der Waals surface area (Å²) < 4.78 is 38.3. The monoisotopic (exact) mass is 440 g/mol. The Bertz CT molecular complexity index is 1180. The van der Waals surface area contributed by atoms with Crippen molar-refractivity contribution < 1.29 is 27.5 Å². The Morgan fingerprint density at radius 2 is 1.81 bits per heavy atom. The van der Waals surface area contributed by atoms with Gasteiger partial charge in [-0.15, -0.1) is 0 Å². The number of carbonyl (C=O) groups excluding carboxylic acids is 2. The number of methoxy groups -OCH3 is 2. The summed E-state index contributed by atoms with van der Waals surface area (Å²) in [5, 5.41) is 0. The van der Waals surface area contributed by atoms with Gasteiger partial charge in [0.25, 0.3) is 10.0 Å². The van der Waals surface area contributed by atoms with E-state index >= 15 is 0 Å². The number of hydrogen-bond acceptors (Lipinski definition) is 7. The number of benzene rings is 2. The molecular weight excluding hydrogens is 420 g/mol. The Labute approximate surface area is 180 Å². The van der Waals surface area contributed by atoms with E-state index in [0.29, 0.717) is 17.6 Å². The summed E-state index contributed by atoms with van der Waals surface area (Å²) in [5.41, 5.74) is 0.483. The number of para-hydroxylation sites is 1. The molecule has 160 valence electrons. The van der Waals surface area contributed by atoms with Crippen LogP contribution in [0.3, 0.4) is 0 Å². The standard InChI is InChI=1S/C22H20N2O6S/c1-29-18-8-10-19(11-9-18)31(27,28)24(14-16-5-4-12-23-13-16)21-17(15-25)6-3-7-20(21)22(26)30-2/h3-13,15H,14H2,1-2H3. The van der Waals surface area contributed by atoms with E-state index in [4.69, 9.17) is 9.47 Å². The van der Waals surface area contributed by atoms with E-state index in [-0.39, 0.29) is 28.3 Å². The molecule has 0 radical (unpaired) electrons. The fourth-order valence-electron chi connectivity index (χ4n) is 3.03. The molecule has 0 N–H and O–H groups in total. The molecule has 0 atom stereocenters. The van der Waals surface area contributed by atoms with Crippen molar-refractivity contribution in [3.8, 4) is 5.75 Å². The summed E-state index contributed by atoms with van der Waals surface area (Å²) in [6, 6.07) is 13.5. The van der Waals surface area contributed by atoms with Crippen LogP contribution in [0.2, 0.25) is 0 Å². The predicted molar refractivity (Wildman–Crippen MR) is 114 cm³/mol. The Hall–Kier alpha value is -3.72. The third-order valence-corrected chi connectivity index (χ3v) is 6.31. The first-order valence-corrected chi connectivity index (χ1v) is 10.6. The molecular formula is C22H20N2O6S. The SMILES string of the molecule is COC(=O)c1cccc(C=O)c1N(Cc1cccnc1)S(=O)(=O)c1ccc(OC)cc1. The zero-order chi connectivity index (χ0) is 22.4. The van der Waals surface area contributed by atoms with Crippen LogP contribution in [-0.4, -0.2) is 39.9 Å². The molecule has 1 heterocycles. The highest BCUT2D eigenvalue weighted by Crippen LogP contribution is 2.32. The molecule has 0 fully saturated rings. The molecule has 8 nitrogen and oxygen atoms in total. The van der Waals surface area contributed by atoms with Gasteiger partial charge in [-0.25, -0.2) is 13.2 Å². The average molecular weight is 440 g/mol. The number of hydrogen-bond donors (Lipinski definition) is 0. The first-order chi connectivity index (χ1) is 14.9. The van der Waals surface area contributed by atoms with Crippen molar-refractivity contribution in [3.63, 3.8) is 0 Å². The van der Waals surface area contributed by atoms with Crippen molar-refractivity contribution in [1.82, 2.24) is 4.98 Å². The molecule has 0 aliphatic rings. The maximum atomic E-state index is 13.7. The van der Waals surface area contributed by atoms with Gasteiger partial charge in [-0.05, 0) is 48.0 Å². The summed E-state index contributed by atoms with van der Waals surface area (Å²) in [5.74, 6) is -0.277. The van der Waals surface area contributed by atoms with Gasteiger partial charge in [0.15, 0.2) is 6.29 Å². The van der Waals surface area contributed by atoms with Crippen LogP contribution in [0.25, 0.3) is 0 Å². The van der Waals surface area contributed by atoms with Crippen LogP contribution in [0.1, 0.15) is 26.3 Å². The summed E-state index contributed by atoms with van der Waals surface area (Å²) in [4.78, 5) is 28.2. The largest absolute Gasteiger partial charge is 0.497 e. The average Bonchev–Trinajstić information content (AvgIpc) is 2.82. The zero-order valence-electron chi connectivity index (χ0n) is 16.9. The van der Waals surface area contributed by atoms with Gasteiger partial charge < -0.3 is 9.47 Å². The number of esters is 1. The number of ether oxygens (including phenoxy) is 2. The number of aldehydes is 1. The Morgan fingerprint density at radius 1 is 1.06 bits per heavy atom. The van der Waals surface area contributed by atoms with Crippen molar-refractivity contribution in [2.45, 2.75) is 11.4 Å². The van der Waals surface area contributed by atoms with Gasteiger partial charge >= 0.3 is 5.97 Å². The summed E-state index contributed by atoms with van der Waals surface area (Å²) in [6.45, 7) is -0.156. The van der Waals surface area contributed by atoms with Crippen LogP contribution < -0.4 is 9.04 Å². The molecule has 0 spiro atoms. The van der Waals surface area contributed by atoms with E-state index < -0.39 is 16.0 Å². The molecule has 1 aromatic heterocycles. The smallest absolute Gasteiger partial charge is 0.340 e. The van der Waals surface area contributed by atoms with Crippen molar-refractivity contribution in [3.05, 3.63) is 83.7 Å². The van der Waals surface area contributed by atoms with Crippen LogP contribution >= 0.6 is 0 Å². The number of anilines is 1. The summed E-state index contributed by atoms with van der Waals surface area (Å²) in [6.07, 6.45) is 3.57. The summed E-state index contributed by atoms with van der Waals surface area (Å²) in [7, 11) is -1.53. The molecule has 0 aliphatic heterocycles. The van der Waals surface area contributed by atoms with E-state index in [1.54, 1.807) is 18.3 Å². The lowest BCUT2D eigenvalue weighted by atomic mass is 10.1. The van der Waals surface area contributed by atoms with E-state index in [2.05, 4.69) is 4.98 Å². The molecule has 0 unspecified atom stereocenters. The third kappa shape index (κ3) is 4.56. The lowest BCUT2D eigenvalue weighted by Crippen LogP contribution is -2.33. The van der Waals surface area contributed by atoms with Crippen molar-refractivity contribution in [1.29, 1.82) is 0 Å². The number of pyridine rings is 1. The zero-order valence-corrected chi connectivity index (χ0v) is 17.7.